The van der Waals surface area contributed by atoms with Crippen molar-refractivity contribution in [3.8, 4) is 0 Å². The van der Waals surface area contributed by atoms with Crippen LogP contribution in [0.4, 0.5) is 4.79 Å². The van der Waals surface area contributed by atoms with E-state index in [-0.39, 0.29) is 12.1 Å². The fourth-order valence-electron chi connectivity index (χ4n) is 2.77. The summed E-state index contributed by atoms with van der Waals surface area (Å²) in [7, 11) is 1.84. The number of carbonyl (C=O) groups excluding carboxylic acids is 1. The zero-order valence-corrected chi connectivity index (χ0v) is 12.5. The zero-order valence-electron chi connectivity index (χ0n) is 12.5. The quantitative estimate of drug-likeness (QED) is 0.919. The molecule has 1 atom stereocenters. The van der Waals surface area contributed by atoms with Gasteiger partial charge in [-0.3, -0.25) is 0 Å². The molecule has 1 aliphatic rings. The van der Waals surface area contributed by atoms with E-state index < -0.39 is 0 Å². The summed E-state index contributed by atoms with van der Waals surface area (Å²) in [6.07, 6.45) is 0. The molecule has 21 heavy (non-hydrogen) atoms. The molecule has 2 aromatic rings. The van der Waals surface area contributed by atoms with Crippen LogP contribution in [0.25, 0.3) is 11.0 Å². The Morgan fingerprint density at radius 3 is 2.81 bits per heavy atom. The first-order chi connectivity index (χ1) is 10.2. The van der Waals surface area contributed by atoms with Crippen molar-refractivity contribution in [2.75, 3.05) is 33.2 Å². The van der Waals surface area contributed by atoms with E-state index in [1.165, 1.54) is 0 Å². The van der Waals surface area contributed by atoms with Crippen LogP contribution >= 0.6 is 0 Å². The molecule has 5 heteroatoms. The molecule has 1 unspecified atom stereocenters. The monoisotopic (exact) mass is 287 g/mol. The molecule has 5 nitrogen and oxygen atoms in total. The number of nitrogens with zero attached hydrogens (tertiary/aromatic N) is 2. The second-order valence-corrected chi connectivity index (χ2v) is 5.45. The molecule has 0 aliphatic carbocycles. The van der Waals surface area contributed by atoms with E-state index in [9.17, 15) is 4.79 Å². The molecular weight excluding hydrogens is 266 g/mol. The summed E-state index contributed by atoms with van der Waals surface area (Å²) in [4.78, 5) is 15.7. The van der Waals surface area contributed by atoms with Crippen LogP contribution in [0.15, 0.2) is 34.7 Å². The van der Waals surface area contributed by atoms with E-state index in [1.54, 1.807) is 4.90 Å². The smallest absolute Gasteiger partial charge is 0.319 e. The molecule has 2 amide bonds. The molecule has 0 bridgehead atoms. The molecule has 3 rings (SSSR count). The minimum absolute atomic E-state index is 0.0258. The predicted molar refractivity (Wildman–Crippen MR) is 82.2 cm³/mol. The van der Waals surface area contributed by atoms with Gasteiger partial charge in [-0.05, 0) is 18.7 Å². The lowest BCUT2D eigenvalue weighted by atomic mass is 10.2. The van der Waals surface area contributed by atoms with Crippen molar-refractivity contribution in [1.82, 2.24) is 15.1 Å². The second kappa shape index (κ2) is 5.77. The summed E-state index contributed by atoms with van der Waals surface area (Å²) in [5.41, 5.74) is 0.889. The number of hydrogen-bond donors (Lipinski definition) is 1. The fourth-order valence-corrected chi connectivity index (χ4v) is 2.77. The molecule has 0 radical (unpaired) electrons. The fraction of sp³-hybridized carbons (Fsp3) is 0.438. The second-order valence-electron chi connectivity index (χ2n) is 5.45. The lowest BCUT2D eigenvalue weighted by Gasteiger charge is -2.22. The molecule has 1 N–H and O–H groups in total. The SMILES string of the molecule is CCNC(CN1CCN(C)C1=O)c1cc2ccccc2o1. The average molecular weight is 287 g/mol. The van der Waals surface area contributed by atoms with Gasteiger partial charge in [-0.2, -0.15) is 0 Å². The summed E-state index contributed by atoms with van der Waals surface area (Å²) in [6, 6.07) is 10.2. The van der Waals surface area contributed by atoms with E-state index in [0.29, 0.717) is 6.54 Å². The average Bonchev–Trinajstić information content (AvgIpc) is 3.05. The highest BCUT2D eigenvalue weighted by atomic mass is 16.3. The van der Waals surface area contributed by atoms with E-state index in [0.717, 1.165) is 36.4 Å². The van der Waals surface area contributed by atoms with Crippen LogP contribution in [0.3, 0.4) is 0 Å². The van der Waals surface area contributed by atoms with Crippen LogP contribution in [0.5, 0.6) is 0 Å². The molecule has 2 heterocycles. The van der Waals surface area contributed by atoms with Crippen LogP contribution in [-0.2, 0) is 0 Å². The lowest BCUT2D eigenvalue weighted by Crippen LogP contribution is -2.37. The Hall–Kier alpha value is -2.01. The third-order valence-electron chi connectivity index (χ3n) is 3.94. The number of benzene rings is 1. The number of rotatable bonds is 5. The van der Waals surface area contributed by atoms with Crippen LogP contribution in [0.1, 0.15) is 18.7 Å². The number of hydrogen-bond acceptors (Lipinski definition) is 3. The Kier molecular flexibility index (Phi) is 3.84. The number of nitrogens with one attached hydrogen (secondary N) is 1. The standard InChI is InChI=1S/C16H21N3O2/c1-3-17-13(11-19-9-8-18(2)16(19)20)15-10-12-6-4-5-7-14(12)21-15/h4-7,10,13,17H,3,8-9,11H2,1-2H3. The molecular formula is C16H21N3O2. The van der Waals surface area contributed by atoms with E-state index in [2.05, 4.69) is 18.3 Å². The number of furan rings is 1. The first-order valence-corrected chi connectivity index (χ1v) is 7.41. The van der Waals surface area contributed by atoms with Gasteiger partial charge in [0.25, 0.3) is 0 Å². The first kappa shape index (κ1) is 13.9. The Labute approximate surface area is 124 Å². The number of amides is 2. The summed E-state index contributed by atoms with van der Waals surface area (Å²) in [5.74, 6) is 0.889. The normalized spacial score (nSPS) is 17.0. The third kappa shape index (κ3) is 2.74. The zero-order chi connectivity index (χ0) is 14.8. The number of likely N-dealkylation sites (N-methyl/N-ethyl adjacent to an activating group) is 2. The van der Waals surface area contributed by atoms with Crippen LogP contribution < -0.4 is 5.32 Å². The minimum atomic E-state index is 0.0258. The number of para-hydroxylation sites is 1. The molecule has 112 valence electrons. The largest absolute Gasteiger partial charge is 0.459 e. The highest BCUT2D eigenvalue weighted by molar-refractivity contribution is 5.78. The number of urea groups is 1. The Balaban J connectivity index is 1.82. The maximum absolute atomic E-state index is 12.0. The minimum Gasteiger partial charge on any atom is -0.459 e. The third-order valence-corrected chi connectivity index (χ3v) is 3.94. The van der Waals surface area contributed by atoms with Crippen molar-refractivity contribution in [3.05, 3.63) is 36.1 Å². The van der Waals surface area contributed by atoms with Gasteiger partial charge in [-0.15, -0.1) is 0 Å². The number of carbonyl (C=O) groups is 1. The van der Waals surface area contributed by atoms with Crippen molar-refractivity contribution in [2.24, 2.45) is 0 Å². The van der Waals surface area contributed by atoms with Crippen molar-refractivity contribution in [3.63, 3.8) is 0 Å². The molecule has 1 aromatic heterocycles. The van der Waals surface area contributed by atoms with Gasteiger partial charge < -0.3 is 19.5 Å². The molecule has 1 aromatic carbocycles. The summed E-state index contributed by atoms with van der Waals surface area (Å²) >= 11 is 0. The van der Waals surface area contributed by atoms with E-state index in [4.69, 9.17) is 4.42 Å². The molecule has 1 aliphatic heterocycles. The van der Waals surface area contributed by atoms with Gasteiger partial charge in [-0.25, -0.2) is 4.79 Å². The Bertz CT molecular complexity index is 604. The van der Waals surface area contributed by atoms with Gasteiger partial charge in [0.2, 0.25) is 0 Å². The van der Waals surface area contributed by atoms with Gasteiger partial charge in [0.15, 0.2) is 0 Å². The molecule has 1 fully saturated rings. The highest BCUT2D eigenvalue weighted by Gasteiger charge is 2.28. The maximum Gasteiger partial charge on any atom is 0.319 e. The van der Waals surface area contributed by atoms with Crippen LogP contribution in [0.2, 0.25) is 0 Å². The molecule has 0 spiro atoms. The van der Waals surface area contributed by atoms with Crippen molar-refractivity contribution in [2.45, 2.75) is 13.0 Å². The Morgan fingerprint density at radius 1 is 1.33 bits per heavy atom. The lowest BCUT2D eigenvalue weighted by molar-refractivity contribution is 0.192. The Morgan fingerprint density at radius 2 is 2.14 bits per heavy atom. The maximum atomic E-state index is 12.0. The van der Waals surface area contributed by atoms with Gasteiger partial charge in [-0.1, -0.05) is 25.1 Å². The van der Waals surface area contributed by atoms with Gasteiger partial charge in [0.05, 0.1) is 6.04 Å². The van der Waals surface area contributed by atoms with Crippen LogP contribution in [-0.4, -0.2) is 49.1 Å². The predicted octanol–water partition coefficient (Wildman–Crippen LogP) is 2.45. The van der Waals surface area contributed by atoms with E-state index in [1.807, 2.05) is 36.2 Å². The first-order valence-electron chi connectivity index (χ1n) is 7.41. The number of fused-ring (bicyclic) bond motifs is 1. The highest BCUT2D eigenvalue weighted by Crippen LogP contribution is 2.25. The van der Waals surface area contributed by atoms with Crippen molar-refractivity contribution in [1.29, 1.82) is 0 Å². The van der Waals surface area contributed by atoms with E-state index >= 15 is 0 Å². The van der Waals surface area contributed by atoms with Gasteiger partial charge in [0.1, 0.15) is 11.3 Å². The van der Waals surface area contributed by atoms with Gasteiger partial charge in [0, 0.05) is 32.1 Å². The van der Waals surface area contributed by atoms with Gasteiger partial charge >= 0.3 is 6.03 Å². The summed E-state index contributed by atoms with van der Waals surface area (Å²) < 4.78 is 5.94. The summed E-state index contributed by atoms with van der Waals surface area (Å²) in [5, 5.41) is 4.51. The molecule has 1 saturated heterocycles. The van der Waals surface area contributed by atoms with Crippen molar-refractivity contribution >= 4 is 17.0 Å². The molecule has 0 saturated carbocycles. The van der Waals surface area contributed by atoms with Crippen LogP contribution in [0, 0.1) is 0 Å². The summed E-state index contributed by atoms with van der Waals surface area (Å²) in [6.45, 7) is 5.10. The topological polar surface area (TPSA) is 48.7 Å². The van der Waals surface area contributed by atoms with Crippen molar-refractivity contribution < 1.29 is 9.21 Å².